The molecule has 2 heterocycles. The molecule has 3 aromatic rings. The van der Waals surface area contributed by atoms with Crippen molar-refractivity contribution >= 4 is 11.0 Å². The van der Waals surface area contributed by atoms with Crippen LogP contribution in [-0.2, 0) is 12.8 Å². The van der Waals surface area contributed by atoms with Crippen molar-refractivity contribution in [2.24, 2.45) is 0 Å². The summed E-state index contributed by atoms with van der Waals surface area (Å²) in [5, 5.41) is 8.23. The van der Waals surface area contributed by atoms with Crippen LogP contribution in [0.3, 0.4) is 0 Å². The summed E-state index contributed by atoms with van der Waals surface area (Å²) in [4.78, 5) is 4.45. The van der Waals surface area contributed by atoms with Gasteiger partial charge in [-0.3, -0.25) is 5.10 Å². The third-order valence-electron chi connectivity index (χ3n) is 3.74. The van der Waals surface area contributed by atoms with Gasteiger partial charge in [-0.25, -0.2) is 4.98 Å². The van der Waals surface area contributed by atoms with Crippen molar-refractivity contribution in [3.8, 4) is 11.1 Å². The topological polar surface area (TPSA) is 41.6 Å². The molecular weight excluding hydrogens is 222 g/mol. The molecule has 3 heteroatoms. The minimum Gasteiger partial charge on any atom is -0.261 e. The molecule has 3 nitrogen and oxygen atoms in total. The van der Waals surface area contributed by atoms with E-state index in [-0.39, 0.29) is 0 Å². The van der Waals surface area contributed by atoms with Crippen LogP contribution in [0.2, 0.25) is 0 Å². The maximum absolute atomic E-state index is 4.45. The van der Waals surface area contributed by atoms with Crippen LogP contribution in [-0.4, -0.2) is 15.2 Å². The number of nitrogens with one attached hydrogen (secondary N) is 1. The van der Waals surface area contributed by atoms with E-state index in [0.717, 1.165) is 23.9 Å². The largest absolute Gasteiger partial charge is 0.261 e. The number of aromatic nitrogens is 3. The van der Waals surface area contributed by atoms with Gasteiger partial charge in [-0.15, -0.1) is 0 Å². The number of aryl methyl sites for hydroxylation is 2. The number of aromatic amines is 1. The predicted octanol–water partition coefficient (Wildman–Crippen LogP) is 3.11. The summed E-state index contributed by atoms with van der Waals surface area (Å²) in [7, 11) is 0. The van der Waals surface area contributed by atoms with Crippen LogP contribution in [0.5, 0.6) is 0 Å². The zero-order valence-electron chi connectivity index (χ0n) is 9.98. The smallest absolute Gasteiger partial charge is 0.155 e. The third-order valence-corrected chi connectivity index (χ3v) is 3.74. The van der Waals surface area contributed by atoms with E-state index in [1.807, 2.05) is 12.4 Å². The number of hydrogen-bond acceptors (Lipinski definition) is 2. The van der Waals surface area contributed by atoms with Crippen molar-refractivity contribution in [3.63, 3.8) is 0 Å². The van der Waals surface area contributed by atoms with Gasteiger partial charge in [0.15, 0.2) is 5.65 Å². The lowest BCUT2D eigenvalue weighted by Crippen LogP contribution is -1.91. The predicted molar refractivity (Wildman–Crippen MR) is 71.3 cm³/mol. The van der Waals surface area contributed by atoms with Gasteiger partial charge in [0.1, 0.15) is 0 Å². The monoisotopic (exact) mass is 235 g/mol. The van der Waals surface area contributed by atoms with Gasteiger partial charge in [-0.1, -0.05) is 24.3 Å². The first-order valence-corrected chi connectivity index (χ1v) is 6.33. The van der Waals surface area contributed by atoms with Gasteiger partial charge in [0.2, 0.25) is 0 Å². The Balaban J connectivity index is 2.15. The quantitative estimate of drug-likeness (QED) is 0.650. The summed E-state index contributed by atoms with van der Waals surface area (Å²) < 4.78 is 0. The van der Waals surface area contributed by atoms with E-state index < -0.39 is 0 Å². The zero-order chi connectivity index (χ0) is 11.9. The average Bonchev–Trinajstić information content (AvgIpc) is 2.80. The highest BCUT2D eigenvalue weighted by atomic mass is 15.1. The van der Waals surface area contributed by atoms with Gasteiger partial charge in [-0.2, -0.15) is 5.10 Å². The van der Waals surface area contributed by atoms with Gasteiger partial charge in [0.05, 0.1) is 6.20 Å². The van der Waals surface area contributed by atoms with Crippen LogP contribution in [0, 0.1) is 0 Å². The Morgan fingerprint density at radius 2 is 1.89 bits per heavy atom. The fourth-order valence-corrected chi connectivity index (χ4v) is 2.90. The van der Waals surface area contributed by atoms with E-state index in [9.17, 15) is 0 Å². The normalized spacial score (nSPS) is 14.0. The molecule has 1 aliphatic rings. The van der Waals surface area contributed by atoms with Crippen LogP contribution in [0.1, 0.15) is 17.5 Å². The van der Waals surface area contributed by atoms with Gasteiger partial charge in [-0.05, 0) is 41.5 Å². The second kappa shape index (κ2) is 3.67. The van der Waals surface area contributed by atoms with Crippen molar-refractivity contribution in [3.05, 3.63) is 47.8 Å². The second-order valence-electron chi connectivity index (χ2n) is 4.80. The fraction of sp³-hybridized carbons (Fsp3) is 0.200. The van der Waals surface area contributed by atoms with E-state index in [2.05, 4.69) is 39.4 Å². The summed E-state index contributed by atoms with van der Waals surface area (Å²) >= 11 is 0. The third kappa shape index (κ3) is 1.30. The summed E-state index contributed by atoms with van der Waals surface area (Å²) in [6.07, 6.45) is 7.32. The van der Waals surface area contributed by atoms with E-state index in [4.69, 9.17) is 0 Å². The standard InChI is InChI=1S/C15H13N3/c1-2-7-12-10(4-1)5-3-6-11-8-16-15-13(14(11)12)9-17-18-15/h1-2,4,7-9H,3,5-6H2,(H,16,17,18). The van der Waals surface area contributed by atoms with Crippen LogP contribution in [0.15, 0.2) is 36.7 Å². The fourth-order valence-electron chi connectivity index (χ4n) is 2.90. The Bertz CT molecular complexity index is 727. The molecule has 0 saturated heterocycles. The number of pyridine rings is 1. The summed E-state index contributed by atoms with van der Waals surface area (Å²) in [5.41, 5.74) is 6.32. The molecule has 0 spiro atoms. The molecule has 0 aliphatic heterocycles. The van der Waals surface area contributed by atoms with Crippen LogP contribution < -0.4 is 0 Å². The molecule has 0 amide bonds. The number of benzene rings is 1. The number of nitrogens with zero attached hydrogens (tertiary/aromatic N) is 2. The molecule has 1 N–H and O–H groups in total. The van der Waals surface area contributed by atoms with Crippen molar-refractivity contribution in [2.45, 2.75) is 19.3 Å². The molecule has 1 aromatic carbocycles. The molecule has 18 heavy (non-hydrogen) atoms. The van der Waals surface area contributed by atoms with Crippen molar-refractivity contribution in [2.75, 3.05) is 0 Å². The molecule has 0 fully saturated rings. The molecule has 0 radical (unpaired) electrons. The van der Waals surface area contributed by atoms with Gasteiger partial charge in [0, 0.05) is 11.6 Å². The first-order valence-electron chi connectivity index (χ1n) is 6.33. The SMILES string of the molecule is c1ccc2c(c1)CCCc1cnc3[nH]ncc3c1-2. The van der Waals surface area contributed by atoms with Gasteiger partial charge < -0.3 is 0 Å². The Kier molecular flexibility index (Phi) is 2.00. The summed E-state index contributed by atoms with van der Waals surface area (Å²) in [6, 6.07) is 8.68. The lowest BCUT2D eigenvalue weighted by atomic mass is 9.96. The lowest BCUT2D eigenvalue weighted by molar-refractivity contribution is 0.832. The Labute approximate surface area is 105 Å². The van der Waals surface area contributed by atoms with Crippen LogP contribution in [0.4, 0.5) is 0 Å². The highest BCUT2D eigenvalue weighted by Crippen LogP contribution is 2.36. The van der Waals surface area contributed by atoms with E-state index in [0.29, 0.717) is 0 Å². The molecule has 4 rings (SSSR count). The molecular formula is C15H13N3. The van der Waals surface area contributed by atoms with Gasteiger partial charge >= 0.3 is 0 Å². The number of fused-ring (bicyclic) bond motifs is 5. The van der Waals surface area contributed by atoms with E-state index in [1.54, 1.807) is 0 Å². The minimum absolute atomic E-state index is 0.880. The number of rotatable bonds is 0. The van der Waals surface area contributed by atoms with Crippen LogP contribution in [0.25, 0.3) is 22.2 Å². The second-order valence-corrected chi connectivity index (χ2v) is 4.80. The van der Waals surface area contributed by atoms with Crippen molar-refractivity contribution in [1.82, 2.24) is 15.2 Å². The first-order chi connectivity index (χ1) is 8.93. The molecule has 2 aromatic heterocycles. The highest BCUT2D eigenvalue weighted by Gasteiger charge is 2.17. The lowest BCUT2D eigenvalue weighted by Gasteiger charge is -2.09. The highest BCUT2D eigenvalue weighted by molar-refractivity contribution is 5.95. The minimum atomic E-state index is 0.880. The Morgan fingerprint density at radius 3 is 2.89 bits per heavy atom. The van der Waals surface area contributed by atoms with E-state index in [1.165, 1.54) is 28.7 Å². The number of hydrogen-bond donors (Lipinski definition) is 1. The van der Waals surface area contributed by atoms with Crippen molar-refractivity contribution < 1.29 is 0 Å². The molecule has 0 bridgehead atoms. The molecule has 0 unspecified atom stereocenters. The molecule has 0 atom stereocenters. The number of H-pyrrole nitrogens is 1. The molecule has 88 valence electrons. The molecule has 1 aliphatic carbocycles. The first kappa shape index (κ1) is 9.83. The molecule has 0 saturated carbocycles. The Morgan fingerprint density at radius 1 is 1.00 bits per heavy atom. The Hall–Kier alpha value is -2.16. The van der Waals surface area contributed by atoms with E-state index >= 15 is 0 Å². The average molecular weight is 235 g/mol. The maximum atomic E-state index is 4.45. The maximum Gasteiger partial charge on any atom is 0.155 e. The summed E-state index contributed by atoms with van der Waals surface area (Å²) in [6.45, 7) is 0. The van der Waals surface area contributed by atoms with Crippen LogP contribution >= 0.6 is 0 Å². The van der Waals surface area contributed by atoms with Crippen molar-refractivity contribution in [1.29, 1.82) is 0 Å². The zero-order valence-corrected chi connectivity index (χ0v) is 9.98. The van der Waals surface area contributed by atoms with Gasteiger partial charge in [0.25, 0.3) is 0 Å². The summed E-state index contributed by atoms with van der Waals surface area (Å²) in [5.74, 6) is 0.